The minimum Gasteiger partial charge on any atom is -0.419 e. The van der Waals surface area contributed by atoms with E-state index in [1.165, 1.54) is 12.1 Å². The zero-order chi connectivity index (χ0) is 16.4. The van der Waals surface area contributed by atoms with Gasteiger partial charge in [-0.15, -0.1) is 10.2 Å². The Morgan fingerprint density at radius 3 is 2.96 bits per heavy atom. The Morgan fingerprint density at radius 1 is 1.43 bits per heavy atom. The highest BCUT2D eigenvalue weighted by molar-refractivity contribution is 5.52. The van der Waals surface area contributed by atoms with E-state index in [4.69, 9.17) is 4.42 Å². The number of aliphatic hydroxyl groups is 2. The molecule has 1 saturated heterocycles. The van der Waals surface area contributed by atoms with E-state index in [9.17, 15) is 14.6 Å². The van der Waals surface area contributed by atoms with Crippen LogP contribution < -0.4 is 0 Å². The SMILES string of the molecule is CC[C@@]1(O)CCN(Cc2nnc(-c3cccc(F)c3)o2)C[C@H]1O. The Bertz CT molecular complexity index is 678. The van der Waals surface area contributed by atoms with Crippen LogP contribution >= 0.6 is 0 Å². The Morgan fingerprint density at radius 2 is 2.26 bits per heavy atom. The number of aliphatic hydroxyl groups excluding tert-OH is 1. The van der Waals surface area contributed by atoms with E-state index in [2.05, 4.69) is 10.2 Å². The summed E-state index contributed by atoms with van der Waals surface area (Å²) in [5.41, 5.74) is -0.485. The minimum atomic E-state index is -1.02. The smallest absolute Gasteiger partial charge is 0.247 e. The van der Waals surface area contributed by atoms with Crippen molar-refractivity contribution in [1.29, 1.82) is 0 Å². The summed E-state index contributed by atoms with van der Waals surface area (Å²) in [6.07, 6.45) is 0.217. The van der Waals surface area contributed by atoms with Crippen LogP contribution in [0.4, 0.5) is 4.39 Å². The van der Waals surface area contributed by atoms with Gasteiger partial charge in [0.05, 0.1) is 18.2 Å². The van der Waals surface area contributed by atoms with E-state index >= 15 is 0 Å². The lowest BCUT2D eigenvalue weighted by Crippen LogP contribution is -2.54. The summed E-state index contributed by atoms with van der Waals surface area (Å²) in [6, 6.07) is 5.97. The fourth-order valence-electron chi connectivity index (χ4n) is 2.83. The fourth-order valence-corrected chi connectivity index (χ4v) is 2.83. The van der Waals surface area contributed by atoms with Crippen molar-refractivity contribution in [2.75, 3.05) is 13.1 Å². The van der Waals surface area contributed by atoms with Crippen LogP contribution in [0, 0.1) is 5.82 Å². The molecule has 1 aliphatic rings. The zero-order valence-corrected chi connectivity index (χ0v) is 12.9. The average Bonchev–Trinajstić information content (AvgIpc) is 3.00. The first-order valence-corrected chi connectivity index (χ1v) is 7.71. The molecule has 23 heavy (non-hydrogen) atoms. The molecular weight excluding hydrogens is 301 g/mol. The highest BCUT2D eigenvalue weighted by Crippen LogP contribution is 2.27. The van der Waals surface area contributed by atoms with Crippen molar-refractivity contribution in [3.8, 4) is 11.5 Å². The lowest BCUT2D eigenvalue weighted by Gasteiger charge is -2.41. The summed E-state index contributed by atoms with van der Waals surface area (Å²) < 4.78 is 18.8. The van der Waals surface area contributed by atoms with Crippen LogP contribution in [0.5, 0.6) is 0 Å². The predicted molar refractivity (Wildman–Crippen MR) is 80.8 cm³/mol. The molecule has 0 aliphatic carbocycles. The number of aromatic nitrogens is 2. The van der Waals surface area contributed by atoms with Gasteiger partial charge in [0, 0.05) is 18.7 Å². The molecule has 1 aromatic carbocycles. The first kappa shape index (κ1) is 16.0. The van der Waals surface area contributed by atoms with Gasteiger partial charge in [-0.3, -0.25) is 4.90 Å². The van der Waals surface area contributed by atoms with Gasteiger partial charge >= 0.3 is 0 Å². The molecule has 2 aromatic rings. The molecule has 0 bridgehead atoms. The van der Waals surface area contributed by atoms with Crippen LogP contribution in [0.3, 0.4) is 0 Å². The molecule has 2 heterocycles. The normalized spacial score (nSPS) is 25.7. The van der Waals surface area contributed by atoms with Crippen LogP contribution in [-0.4, -0.2) is 50.1 Å². The predicted octanol–water partition coefficient (Wildman–Crippen LogP) is 1.58. The monoisotopic (exact) mass is 321 g/mol. The van der Waals surface area contributed by atoms with Gasteiger partial charge in [-0.05, 0) is 31.0 Å². The second-order valence-corrected chi connectivity index (χ2v) is 5.97. The van der Waals surface area contributed by atoms with Crippen LogP contribution in [-0.2, 0) is 6.54 Å². The largest absolute Gasteiger partial charge is 0.419 e. The van der Waals surface area contributed by atoms with E-state index in [0.717, 1.165) is 0 Å². The Hall–Kier alpha value is -1.83. The summed E-state index contributed by atoms with van der Waals surface area (Å²) in [5, 5.41) is 28.2. The molecule has 6 nitrogen and oxygen atoms in total. The average molecular weight is 321 g/mol. The summed E-state index contributed by atoms with van der Waals surface area (Å²) in [6.45, 7) is 3.24. The molecule has 1 fully saturated rings. The number of piperidine rings is 1. The second kappa shape index (κ2) is 6.35. The van der Waals surface area contributed by atoms with Gasteiger partial charge in [0.1, 0.15) is 5.82 Å². The van der Waals surface area contributed by atoms with Crippen molar-refractivity contribution in [2.24, 2.45) is 0 Å². The number of nitrogens with zero attached hydrogens (tertiary/aromatic N) is 3. The van der Waals surface area contributed by atoms with Gasteiger partial charge in [0.25, 0.3) is 0 Å². The standard InChI is InChI=1S/C16H20FN3O3/c1-2-16(22)6-7-20(9-13(16)21)10-14-18-19-15(23-14)11-4-3-5-12(17)8-11/h3-5,8,13,21-22H,2,6-7,9-10H2,1H3/t13-,16-/m1/s1. The number of hydrogen-bond acceptors (Lipinski definition) is 6. The topological polar surface area (TPSA) is 82.6 Å². The summed E-state index contributed by atoms with van der Waals surface area (Å²) in [4.78, 5) is 1.96. The molecule has 2 atom stereocenters. The second-order valence-electron chi connectivity index (χ2n) is 5.97. The van der Waals surface area contributed by atoms with Crippen molar-refractivity contribution >= 4 is 0 Å². The third kappa shape index (κ3) is 3.41. The molecular formula is C16H20FN3O3. The van der Waals surface area contributed by atoms with E-state index in [1.54, 1.807) is 12.1 Å². The molecule has 0 spiro atoms. The lowest BCUT2D eigenvalue weighted by molar-refractivity contribution is -0.122. The molecule has 0 saturated carbocycles. The van der Waals surface area contributed by atoms with Crippen LogP contribution in [0.25, 0.3) is 11.5 Å². The van der Waals surface area contributed by atoms with Gasteiger partial charge in [0.15, 0.2) is 0 Å². The summed E-state index contributed by atoms with van der Waals surface area (Å²) >= 11 is 0. The first-order chi connectivity index (χ1) is 11.0. The third-order valence-corrected chi connectivity index (χ3v) is 4.42. The van der Waals surface area contributed by atoms with Gasteiger partial charge in [-0.25, -0.2) is 4.39 Å². The van der Waals surface area contributed by atoms with Crippen molar-refractivity contribution < 1.29 is 19.0 Å². The molecule has 1 aliphatic heterocycles. The lowest BCUT2D eigenvalue weighted by atomic mass is 9.86. The highest BCUT2D eigenvalue weighted by Gasteiger charge is 2.39. The Kier molecular flexibility index (Phi) is 4.43. The minimum absolute atomic E-state index is 0.266. The molecule has 0 amide bonds. The molecule has 0 radical (unpaired) electrons. The summed E-state index contributed by atoms with van der Waals surface area (Å²) in [5.74, 6) is 0.306. The molecule has 2 N–H and O–H groups in total. The fraction of sp³-hybridized carbons (Fsp3) is 0.500. The van der Waals surface area contributed by atoms with Crippen LogP contribution in [0.1, 0.15) is 25.7 Å². The van der Waals surface area contributed by atoms with Gasteiger partial charge in [-0.1, -0.05) is 13.0 Å². The molecule has 0 unspecified atom stereocenters. The number of benzene rings is 1. The number of rotatable bonds is 4. The molecule has 7 heteroatoms. The maximum absolute atomic E-state index is 13.2. The number of likely N-dealkylation sites (tertiary alicyclic amines) is 1. The third-order valence-electron chi connectivity index (χ3n) is 4.42. The van der Waals surface area contributed by atoms with E-state index in [-0.39, 0.29) is 11.7 Å². The number of halogens is 1. The maximum atomic E-state index is 13.2. The van der Waals surface area contributed by atoms with Crippen LogP contribution in [0.2, 0.25) is 0 Å². The summed E-state index contributed by atoms with van der Waals surface area (Å²) in [7, 11) is 0. The van der Waals surface area contributed by atoms with Crippen LogP contribution in [0.15, 0.2) is 28.7 Å². The number of hydrogen-bond donors (Lipinski definition) is 2. The molecule has 1 aromatic heterocycles. The zero-order valence-electron chi connectivity index (χ0n) is 12.9. The Balaban J connectivity index is 1.66. The Labute approximate surface area is 133 Å². The van der Waals surface area contributed by atoms with Crippen molar-refractivity contribution in [2.45, 2.75) is 38.0 Å². The van der Waals surface area contributed by atoms with Gasteiger partial charge in [-0.2, -0.15) is 0 Å². The molecule has 124 valence electrons. The molecule has 3 rings (SSSR count). The maximum Gasteiger partial charge on any atom is 0.247 e. The van der Waals surface area contributed by atoms with E-state index in [1.807, 2.05) is 11.8 Å². The van der Waals surface area contributed by atoms with Gasteiger partial charge in [0.2, 0.25) is 11.8 Å². The number of β-amino-alcohol motifs (C(OH)–C–C–N with tert-alkyl or cyclic N) is 1. The van der Waals surface area contributed by atoms with Gasteiger partial charge < -0.3 is 14.6 Å². The van der Waals surface area contributed by atoms with E-state index in [0.29, 0.717) is 43.9 Å². The first-order valence-electron chi connectivity index (χ1n) is 7.71. The van der Waals surface area contributed by atoms with E-state index < -0.39 is 11.7 Å². The quantitative estimate of drug-likeness (QED) is 0.890. The van der Waals surface area contributed by atoms with Crippen molar-refractivity contribution in [3.05, 3.63) is 36.0 Å². The highest BCUT2D eigenvalue weighted by atomic mass is 19.1. The van der Waals surface area contributed by atoms with Crippen molar-refractivity contribution in [1.82, 2.24) is 15.1 Å². The van der Waals surface area contributed by atoms with Crippen molar-refractivity contribution in [3.63, 3.8) is 0 Å².